The van der Waals surface area contributed by atoms with Gasteiger partial charge >= 0.3 is 0 Å². The number of aliphatic hydroxyl groups is 2. The molecular formula is C41H46N14O8S4. The summed E-state index contributed by atoms with van der Waals surface area (Å²) >= 11 is 1.89. The molecule has 67 heavy (non-hydrogen) atoms. The Morgan fingerprint density at radius 1 is 0.552 bits per heavy atom. The number of aromatic nitrogens is 5. The van der Waals surface area contributed by atoms with Crippen molar-refractivity contribution in [3.63, 3.8) is 0 Å². The van der Waals surface area contributed by atoms with Crippen molar-refractivity contribution >= 4 is 126 Å². The van der Waals surface area contributed by atoms with E-state index in [2.05, 4.69) is 50.9 Å². The first kappa shape index (κ1) is 48.5. The minimum Gasteiger partial charge on any atom is -0.395 e. The summed E-state index contributed by atoms with van der Waals surface area (Å²) in [5.41, 5.74) is 3.80. The SMILES string of the molecule is CCN(CC)c1ccc(N=Nc2nc3cccc(S(=O)(=O)O)c3s2)c(Nc2nc(Nc3cc(N(CC)CC)ccc3N=Nc3nc4cccc(S(=O)(=O)O)c4s3)nc(N(CCO)CCO)n2)c1. The Hall–Kier alpha value is -6.39. The summed E-state index contributed by atoms with van der Waals surface area (Å²) in [6.45, 7) is 10.4. The molecule has 26 heteroatoms. The maximum atomic E-state index is 12.1. The lowest BCUT2D eigenvalue weighted by molar-refractivity contribution is 0.280. The molecule has 7 aromatic rings. The highest BCUT2D eigenvalue weighted by Crippen LogP contribution is 2.39. The topological polar surface area (TPSA) is 297 Å². The third-order valence-corrected chi connectivity index (χ3v) is 14.2. The van der Waals surface area contributed by atoms with Crippen LogP contribution in [0.2, 0.25) is 0 Å². The van der Waals surface area contributed by atoms with Crippen LogP contribution in [0.4, 0.5) is 62.2 Å². The molecule has 0 saturated heterocycles. The monoisotopic (exact) mass is 990 g/mol. The van der Waals surface area contributed by atoms with Crippen LogP contribution in [0.5, 0.6) is 0 Å². The Morgan fingerprint density at radius 2 is 0.970 bits per heavy atom. The van der Waals surface area contributed by atoms with Crippen LogP contribution in [0.3, 0.4) is 0 Å². The quantitative estimate of drug-likeness (QED) is 0.0291. The fourth-order valence-electron chi connectivity index (χ4n) is 6.91. The van der Waals surface area contributed by atoms with E-state index in [-0.39, 0.29) is 73.6 Å². The van der Waals surface area contributed by atoms with Crippen molar-refractivity contribution in [2.24, 2.45) is 20.5 Å². The van der Waals surface area contributed by atoms with E-state index in [1.54, 1.807) is 29.2 Å². The van der Waals surface area contributed by atoms with Crippen LogP contribution in [0.15, 0.2) is 103 Å². The molecule has 0 radical (unpaired) electrons. The van der Waals surface area contributed by atoms with Gasteiger partial charge in [-0.2, -0.15) is 31.8 Å². The summed E-state index contributed by atoms with van der Waals surface area (Å²) in [4.78, 5) is 28.2. The molecule has 0 amide bonds. The Kier molecular flexibility index (Phi) is 15.3. The van der Waals surface area contributed by atoms with Crippen molar-refractivity contribution in [3.8, 4) is 0 Å². The molecular weight excluding hydrogens is 945 g/mol. The summed E-state index contributed by atoms with van der Waals surface area (Å²) in [7, 11) is -9.06. The Morgan fingerprint density at radius 3 is 1.34 bits per heavy atom. The van der Waals surface area contributed by atoms with Crippen LogP contribution in [0, 0.1) is 0 Å². The summed E-state index contributed by atoms with van der Waals surface area (Å²) in [6.07, 6.45) is 0. The molecule has 0 saturated carbocycles. The lowest BCUT2D eigenvalue weighted by Gasteiger charge is -2.24. The van der Waals surface area contributed by atoms with Crippen molar-refractivity contribution < 1.29 is 36.2 Å². The molecule has 7 rings (SSSR count). The second kappa shape index (κ2) is 21.1. The van der Waals surface area contributed by atoms with Gasteiger partial charge in [0.05, 0.1) is 45.0 Å². The van der Waals surface area contributed by atoms with Crippen LogP contribution in [0.1, 0.15) is 27.7 Å². The van der Waals surface area contributed by atoms with Crippen LogP contribution in [-0.2, 0) is 20.2 Å². The minimum atomic E-state index is -4.53. The first-order valence-corrected chi connectivity index (χ1v) is 25.3. The number of nitrogens with zero attached hydrogens (tertiary/aromatic N) is 12. The van der Waals surface area contributed by atoms with E-state index in [0.717, 1.165) is 34.0 Å². The molecule has 0 aliphatic heterocycles. The van der Waals surface area contributed by atoms with Crippen LogP contribution >= 0.6 is 22.7 Å². The van der Waals surface area contributed by atoms with Crippen LogP contribution in [0.25, 0.3) is 20.4 Å². The van der Waals surface area contributed by atoms with Gasteiger partial charge in [0, 0.05) is 50.6 Å². The molecule has 3 aromatic heterocycles. The largest absolute Gasteiger partial charge is 0.395 e. The van der Waals surface area contributed by atoms with Gasteiger partial charge < -0.3 is 35.5 Å². The molecule has 0 aliphatic rings. The molecule has 352 valence electrons. The summed E-state index contributed by atoms with van der Waals surface area (Å²) in [5, 5.41) is 44.5. The summed E-state index contributed by atoms with van der Waals surface area (Å²) in [6, 6.07) is 19.6. The second-order valence-corrected chi connectivity index (χ2v) is 19.0. The van der Waals surface area contributed by atoms with Crippen molar-refractivity contribution in [1.82, 2.24) is 24.9 Å². The average Bonchev–Trinajstić information content (AvgIpc) is 3.92. The van der Waals surface area contributed by atoms with Gasteiger partial charge in [-0.25, -0.2) is 9.97 Å². The smallest absolute Gasteiger partial charge is 0.296 e. The lowest BCUT2D eigenvalue weighted by Crippen LogP contribution is -2.31. The molecule has 0 spiro atoms. The van der Waals surface area contributed by atoms with Gasteiger partial charge in [-0.15, -0.1) is 20.5 Å². The number of anilines is 7. The molecule has 22 nitrogen and oxygen atoms in total. The molecule has 0 unspecified atom stereocenters. The number of hydrogen-bond acceptors (Lipinski definition) is 22. The van der Waals surface area contributed by atoms with Gasteiger partial charge in [-0.1, -0.05) is 34.8 Å². The first-order chi connectivity index (χ1) is 32.1. The zero-order valence-corrected chi connectivity index (χ0v) is 39.8. The zero-order valence-electron chi connectivity index (χ0n) is 36.5. The number of aliphatic hydroxyl groups excluding tert-OH is 2. The summed E-state index contributed by atoms with van der Waals surface area (Å²) in [5.74, 6) is 0.167. The Labute approximate surface area is 393 Å². The number of nitrogens with one attached hydrogen (secondary N) is 2. The predicted molar refractivity (Wildman–Crippen MR) is 260 cm³/mol. The number of fused-ring (bicyclic) bond motifs is 2. The molecule has 0 fully saturated rings. The predicted octanol–water partition coefficient (Wildman–Crippen LogP) is 8.39. The van der Waals surface area contributed by atoms with E-state index in [0.29, 0.717) is 60.0 Å². The summed E-state index contributed by atoms with van der Waals surface area (Å²) < 4.78 is 68.3. The van der Waals surface area contributed by atoms with E-state index in [4.69, 9.17) is 15.0 Å². The molecule has 0 atom stereocenters. The highest BCUT2D eigenvalue weighted by atomic mass is 32.2. The molecule has 0 aliphatic carbocycles. The standard InChI is InChI=1S/C41H46N14O8S4/c1-5-53(6-2)25-15-17-27(49-51-40-44-29-11-9-13-33(35(29)64-40)66(58,59)60)31(23-25)42-37-46-38(48-39(47-37)55(19-21-56)20-22-57)43-32-24-26(54(7-3)8-4)16-18-28(32)50-52-41-45-30-12-10-14-34(36(30)65-41)67(61,62)63/h9-18,23-24,56-57H,5-8,19-22H2,1-4H3,(H,58,59,60)(H,61,62,63)(H2,42,43,46,47,48). The number of azo groups is 2. The maximum absolute atomic E-state index is 12.1. The van der Waals surface area contributed by atoms with Gasteiger partial charge in [-0.3, -0.25) is 9.11 Å². The number of hydrogen-bond donors (Lipinski definition) is 6. The first-order valence-electron chi connectivity index (χ1n) is 20.8. The number of benzene rings is 4. The molecule has 0 bridgehead atoms. The second-order valence-electron chi connectivity index (χ2n) is 14.3. The third kappa shape index (κ3) is 11.4. The molecule has 4 aromatic carbocycles. The van der Waals surface area contributed by atoms with Crippen molar-refractivity contribution in [2.75, 3.05) is 77.8 Å². The number of thiazole rings is 2. The minimum absolute atomic E-state index is 0.0338. The zero-order chi connectivity index (χ0) is 47.9. The van der Waals surface area contributed by atoms with E-state index < -0.39 is 20.2 Å². The maximum Gasteiger partial charge on any atom is 0.296 e. The fraction of sp³-hybridized carbons (Fsp3) is 0.293. The highest BCUT2D eigenvalue weighted by Gasteiger charge is 2.21. The van der Waals surface area contributed by atoms with Gasteiger partial charge in [0.25, 0.3) is 20.2 Å². The van der Waals surface area contributed by atoms with Crippen LogP contribution in [-0.4, -0.2) is 114 Å². The van der Waals surface area contributed by atoms with E-state index in [9.17, 15) is 36.2 Å². The van der Waals surface area contributed by atoms with Crippen molar-refractivity contribution in [3.05, 3.63) is 72.8 Å². The van der Waals surface area contributed by atoms with E-state index in [1.165, 1.54) is 24.3 Å². The third-order valence-electron chi connectivity index (χ3n) is 10.1. The lowest BCUT2D eigenvalue weighted by atomic mass is 10.2. The van der Waals surface area contributed by atoms with Crippen LogP contribution < -0.4 is 25.3 Å². The molecule has 6 N–H and O–H groups in total. The van der Waals surface area contributed by atoms with E-state index >= 15 is 0 Å². The van der Waals surface area contributed by atoms with Gasteiger partial charge in [0.15, 0.2) is 0 Å². The Balaban J connectivity index is 1.31. The number of rotatable bonds is 21. The fourth-order valence-corrected chi connectivity index (χ4v) is 10.6. The highest BCUT2D eigenvalue weighted by molar-refractivity contribution is 7.86. The average molecular weight is 991 g/mol. The van der Waals surface area contributed by atoms with Gasteiger partial charge in [-0.05, 0) is 88.4 Å². The Bertz CT molecular complexity index is 2970. The normalized spacial score (nSPS) is 12.2. The van der Waals surface area contributed by atoms with E-state index in [1.807, 2.05) is 52.0 Å². The van der Waals surface area contributed by atoms with Crippen molar-refractivity contribution in [1.29, 1.82) is 0 Å². The van der Waals surface area contributed by atoms with Gasteiger partial charge in [0.1, 0.15) is 21.2 Å². The van der Waals surface area contributed by atoms with Gasteiger partial charge in [0.2, 0.25) is 28.1 Å². The molecule has 3 heterocycles. The van der Waals surface area contributed by atoms with Crippen molar-refractivity contribution in [2.45, 2.75) is 37.5 Å².